The zero-order valence-electron chi connectivity index (χ0n) is 12.5. The van der Waals surface area contributed by atoms with Crippen LogP contribution in [0.1, 0.15) is 40.5 Å². The molecule has 1 atom stereocenters. The first-order valence-electron chi connectivity index (χ1n) is 7.18. The normalized spacial score (nSPS) is 18.0. The standard InChI is InChI=1S/C15H17ClN4O2/c1-9-12(13(16)19(2)18-9)11-6-4-8-20(11)15(22)10-5-3-7-17-14(10)21/h3,5,7,11H,4,6,8H2,1-2H3,(H,17,21). The number of nitrogens with one attached hydrogen (secondary N) is 1. The van der Waals surface area contributed by atoms with E-state index in [-0.39, 0.29) is 23.1 Å². The zero-order valence-corrected chi connectivity index (χ0v) is 13.2. The van der Waals surface area contributed by atoms with Crippen LogP contribution in [0.2, 0.25) is 5.15 Å². The van der Waals surface area contributed by atoms with Crippen LogP contribution in [0.3, 0.4) is 0 Å². The van der Waals surface area contributed by atoms with Gasteiger partial charge in [0.15, 0.2) is 0 Å². The fraction of sp³-hybridized carbons (Fsp3) is 0.400. The number of hydrogen-bond acceptors (Lipinski definition) is 3. The summed E-state index contributed by atoms with van der Waals surface area (Å²) >= 11 is 6.34. The molecule has 0 spiro atoms. The predicted molar refractivity (Wildman–Crippen MR) is 83.0 cm³/mol. The molecule has 0 aliphatic carbocycles. The van der Waals surface area contributed by atoms with E-state index in [9.17, 15) is 9.59 Å². The molecule has 22 heavy (non-hydrogen) atoms. The average molecular weight is 321 g/mol. The summed E-state index contributed by atoms with van der Waals surface area (Å²) in [6, 6.07) is 3.07. The minimum Gasteiger partial charge on any atom is -0.331 e. The highest BCUT2D eigenvalue weighted by Crippen LogP contribution is 2.37. The Morgan fingerprint density at radius 2 is 2.27 bits per heavy atom. The number of carbonyl (C=O) groups is 1. The van der Waals surface area contributed by atoms with E-state index in [2.05, 4.69) is 10.1 Å². The highest BCUT2D eigenvalue weighted by Gasteiger charge is 2.35. The highest BCUT2D eigenvalue weighted by atomic mass is 35.5. The van der Waals surface area contributed by atoms with Crippen LogP contribution in [-0.2, 0) is 7.05 Å². The molecule has 7 heteroatoms. The van der Waals surface area contributed by atoms with Gasteiger partial charge in [-0.3, -0.25) is 14.3 Å². The van der Waals surface area contributed by atoms with Gasteiger partial charge in [0, 0.05) is 25.4 Å². The molecule has 1 unspecified atom stereocenters. The Kier molecular flexibility index (Phi) is 3.78. The third-order valence-electron chi connectivity index (χ3n) is 4.09. The van der Waals surface area contributed by atoms with Crippen LogP contribution in [0.5, 0.6) is 0 Å². The van der Waals surface area contributed by atoms with Crippen molar-refractivity contribution in [3.05, 3.63) is 50.7 Å². The molecule has 0 radical (unpaired) electrons. The number of carbonyl (C=O) groups excluding carboxylic acids is 1. The summed E-state index contributed by atoms with van der Waals surface area (Å²) in [7, 11) is 1.78. The van der Waals surface area contributed by atoms with Crippen molar-refractivity contribution < 1.29 is 4.79 Å². The molecule has 3 rings (SSSR count). The van der Waals surface area contributed by atoms with Crippen molar-refractivity contribution >= 4 is 17.5 Å². The van der Waals surface area contributed by atoms with Crippen LogP contribution in [-0.4, -0.2) is 32.1 Å². The van der Waals surface area contributed by atoms with Gasteiger partial charge < -0.3 is 9.88 Å². The van der Waals surface area contributed by atoms with Crippen LogP contribution in [0.25, 0.3) is 0 Å². The van der Waals surface area contributed by atoms with Crippen molar-refractivity contribution in [2.24, 2.45) is 7.05 Å². The van der Waals surface area contributed by atoms with Gasteiger partial charge >= 0.3 is 0 Å². The quantitative estimate of drug-likeness (QED) is 0.920. The van der Waals surface area contributed by atoms with E-state index in [0.29, 0.717) is 11.7 Å². The number of aromatic nitrogens is 3. The Morgan fingerprint density at radius 1 is 1.50 bits per heavy atom. The second-order valence-corrected chi connectivity index (χ2v) is 5.84. The van der Waals surface area contributed by atoms with Crippen molar-refractivity contribution in [2.45, 2.75) is 25.8 Å². The predicted octanol–water partition coefficient (Wildman–Crippen LogP) is 2.05. The summed E-state index contributed by atoms with van der Waals surface area (Å²) in [6.07, 6.45) is 3.22. The Hall–Kier alpha value is -2.08. The van der Waals surface area contributed by atoms with Gasteiger partial charge in [0.05, 0.1) is 11.7 Å². The average Bonchev–Trinajstić information content (AvgIpc) is 3.04. The summed E-state index contributed by atoms with van der Waals surface area (Å²) in [4.78, 5) is 28.8. The molecule has 1 saturated heterocycles. The first kappa shape index (κ1) is 14.8. The Labute approximate surface area is 132 Å². The van der Waals surface area contributed by atoms with Gasteiger partial charge in [-0.1, -0.05) is 11.6 Å². The lowest BCUT2D eigenvalue weighted by atomic mass is 10.1. The largest absolute Gasteiger partial charge is 0.331 e. The van der Waals surface area contributed by atoms with Gasteiger partial charge in [0.1, 0.15) is 10.7 Å². The molecular weight excluding hydrogens is 304 g/mol. The molecule has 0 saturated carbocycles. The number of amides is 1. The number of hydrogen-bond donors (Lipinski definition) is 1. The lowest BCUT2D eigenvalue weighted by molar-refractivity contribution is 0.0733. The number of aryl methyl sites for hydroxylation is 2. The van der Waals surface area contributed by atoms with E-state index in [1.54, 1.807) is 28.8 Å². The second kappa shape index (κ2) is 5.61. The van der Waals surface area contributed by atoms with Crippen LogP contribution in [0, 0.1) is 6.92 Å². The topological polar surface area (TPSA) is 71.0 Å². The van der Waals surface area contributed by atoms with E-state index in [1.807, 2.05) is 6.92 Å². The summed E-state index contributed by atoms with van der Waals surface area (Å²) < 4.78 is 1.61. The molecular formula is C15H17ClN4O2. The number of nitrogens with zero attached hydrogens (tertiary/aromatic N) is 3. The fourth-order valence-electron chi connectivity index (χ4n) is 3.08. The van der Waals surface area contributed by atoms with Crippen molar-refractivity contribution in [1.82, 2.24) is 19.7 Å². The number of H-pyrrole nitrogens is 1. The molecule has 0 aromatic carbocycles. The summed E-state index contributed by atoms with van der Waals surface area (Å²) in [5.41, 5.74) is 1.49. The first-order valence-corrected chi connectivity index (χ1v) is 7.56. The van der Waals surface area contributed by atoms with Crippen LogP contribution < -0.4 is 5.56 Å². The number of rotatable bonds is 2. The van der Waals surface area contributed by atoms with E-state index in [0.717, 1.165) is 24.1 Å². The van der Waals surface area contributed by atoms with Crippen LogP contribution in [0.15, 0.2) is 23.1 Å². The molecule has 6 nitrogen and oxygen atoms in total. The van der Waals surface area contributed by atoms with Crippen molar-refractivity contribution in [3.8, 4) is 0 Å². The van der Waals surface area contributed by atoms with Gasteiger partial charge in [-0.05, 0) is 31.9 Å². The van der Waals surface area contributed by atoms with E-state index >= 15 is 0 Å². The molecule has 1 amide bonds. The monoisotopic (exact) mass is 320 g/mol. The first-order chi connectivity index (χ1) is 10.5. The van der Waals surface area contributed by atoms with Gasteiger partial charge in [-0.25, -0.2) is 0 Å². The lowest BCUT2D eigenvalue weighted by Gasteiger charge is -2.24. The van der Waals surface area contributed by atoms with E-state index in [1.165, 1.54) is 6.20 Å². The van der Waals surface area contributed by atoms with Gasteiger partial charge in [0.25, 0.3) is 11.5 Å². The molecule has 1 aliphatic rings. The summed E-state index contributed by atoms with van der Waals surface area (Å²) in [5, 5.41) is 4.86. The number of pyridine rings is 1. The maximum atomic E-state index is 12.7. The summed E-state index contributed by atoms with van der Waals surface area (Å²) in [6.45, 7) is 2.50. The molecule has 0 bridgehead atoms. The molecule has 2 aromatic rings. The molecule has 2 aromatic heterocycles. The van der Waals surface area contributed by atoms with E-state index in [4.69, 9.17) is 11.6 Å². The van der Waals surface area contributed by atoms with Gasteiger partial charge in [0.2, 0.25) is 0 Å². The van der Waals surface area contributed by atoms with Crippen molar-refractivity contribution in [3.63, 3.8) is 0 Å². The Bertz CT molecular complexity index is 780. The van der Waals surface area contributed by atoms with Crippen molar-refractivity contribution in [2.75, 3.05) is 6.54 Å². The van der Waals surface area contributed by atoms with Gasteiger partial charge in [-0.2, -0.15) is 5.10 Å². The molecule has 3 heterocycles. The Morgan fingerprint density at radius 3 is 2.91 bits per heavy atom. The number of likely N-dealkylation sites (tertiary alicyclic amines) is 1. The number of aromatic amines is 1. The van der Waals surface area contributed by atoms with Crippen LogP contribution in [0.4, 0.5) is 0 Å². The third-order valence-corrected chi connectivity index (χ3v) is 4.54. The van der Waals surface area contributed by atoms with E-state index < -0.39 is 0 Å². The lowest BCUT2D eigenvalue weighted by Crippen LogP contribution is -2.34. The second-order valence-electron chi connectivity index (χ2n) is 5.48. The molecule has 1 N–H and O–H groups in total. The minimum atomic E-state index is -0.368. The Balaban J connectivity index is 1.99. The SMILES string of the molecule is Cc1nn(C)c(Cl)c1C1CCCN1C(=O)c1ccc[nH]c1=O. The fourth-order valence-corrected chi connectivity index (χ4v) is 3.38. The molecule has 1 fully saturated rings. The smallest absolute Gasteiger partial charge is 0.260 e. The molecule has 116 valence electrons. The summed E-state index contributed by atoms with van der Waals surface area (Å²) in [5.74, 6) is -0.260. The number of halogens is 1. The minimum absolute atomic E-state index is 0.131. The third kappa shape index (κ3) is 2.33. The van der Waals surface area contributed by atoms with Crippen molar-refractivity contribution in [1.29, 1.82) is 0 Å². The maximum Gasteiger partial charge on any atom is 0.260 e. The molecule has 1 aliphatic heterocycles. The zero-order chi connectivity index (χ0) is 15.9. The maximum absolute atomic E-state index is 12.7. The van der Waals surface area contributed by atoms with Gasteiger partial charge in [-0.15, -0.1) is 0 Å². The highest BCUT2D eigenvalue weighted by molar-refractivity contribution is 6.30. The van der Waals surface area contributed by atoms with Crippen LogP contribution >= 0.6 is 11.6 Å².